The Morgan fingerprint density at radius 1 is 1.31 bits per heavy atom. The highest BCUT2D eigenvalue weighted by Gasteiger charge is 2.30. The largest absolute Gasteiger partial charge is 0.314 e. The van der Waals surface area contributed by atoms with Crippen molar-refractivity contribution in [1.29, 1.82) is 0 Å². The molecule has 1 aromatic rings. The first-order valence-electron chi connectivity index (χ1n) is 4.91. The third-order valence-electron chi connectivity index (χ3n) is 2.47. The van der Waals surface area contributed by atoms with Crippen LogP contribution in [0.5, 0.6) is 0 Å². The van der Waals surface area contributed by atoms with Crippen LogP contribution in [0, 0.1) is 0 Å². The molecule has 0 bridgehead atoms. The Kier molecular flexibility index (Phi) is 3.10. The van der Waals surface area contributed by atoms with E-state index in [1.54, 1.807) is 4.90 Å². The van der Waals surface area contributed by atoms with Gasteiger partial charge in [0, 0.05) is 5.69 Å². The number of rotatable bonds is 2. The van der Waals surface area contributed by atoms with Crippen molar-refractivity contribution < 1.29 is 9.59 Å². The minimum Gasteiger partial charge on any atom is -0.314 e. The van der Waals surface area contributed by atoms with Gasteiger partial charge in [-0.3, -0.25) is 14.5 Å². The molecule has 1 aliphatic heterocycles. The summed E-state index contributed by atoms with van der Waals surface area (Å²) in [6.45, 7) is 0.398. The first-order chi connectivity index (χ1) is 7.72. The molecule has 0 unspecified atom stereocenters. The highest BCUT2D eigenvalue weighted by molar-refractivity contribution is 6.27. The van der Waals surface area contributed by atoms with Gasteiger partial charge in [-0.15, -0.1) is 11.6 Å². The average molecular weight is 239 g/mol. The fourth-order valence-corrected chi connectivity index (χ4v) is 1.80. The molecule has 1 aromatic carbocycles. The molecule has 0 spiro atoms. The van der Waals surface area contributed by atoms with E-state index in [1.807, 2.05) is 30.3 Å². The molecule has 1 heterocycles. The zero-order valence-electron chi connectivity index (χ0n) is 8.60. The highest BCUT2D eigenvalue weighted by atomic mass is 35.5. The Hall–Kier alpha value is -1.55. The van der Waals surface area contributed by atoms with Crippen molar-refractivity contribution in [2.75, 3.05) is 24.0 Å². The van der Waals surface area contributed by atoms with Crippen LogP contribution in [0.15, 0.2) is 30.3 Å². The van der Waals surface area contributed by atoms with Gasteiger partial charge in [0.05, 0.1) is 0 Å². The number of anilines is 1. The lowest BCUT2D eigenvalue weighted by atomic mass is 10.3. The van der Waals surface area contributed by atoms with Crippen LogP contribution >= 0.6 is 11.6 Å². The molecule has 16 heavy (non-hydrogen) atoms. The molecule has 2 amide bonds. The van der Waals surface area contributed by atoms with Gasteiger partial charge in [-0.1, -0.05) is 18.2 Å². The zero-order valence-corrected chi connectivity index (χ0v) is 9.35. The van der Waals surface area contributed by atoms with Crippen molar-refractivity contribution in [1.82, 2.24) is 4.90 Å². The number of alkyl halides is 1. The lowest BCUT2D eigenvalue weighted by Crippen LogP contribution is -2.31. The number of amides is 2. The van der Waals surface area contributed by atoms with Gasteiger partial charge < -0.3 is 4.90 Å². The van der Waals surface area contributed by atoms with Gasteiger partial charge in [0.15, 0.2) is 0 Å². The molecule has 1 fully saturated rings. The second kappa shape index (κ2) is 4.53. The molecule has 1 aliphatic rings. The number of benzene rings is 1. The van der Waals surface area contributed by atoms with Gasteiger partial charge in [0.25, 0.3) is 0 Å². The standard InChI is InChI=1S/C11H11ClN2O2/c12-6-10(15)13-7-11(16)14(8-13)9-4-2-1-3-5-9/h1-5H,6-8H2. The van der Waals surface area contributed by atoms with Gasteiger partial charge in [-0.05, 0) is 12.1 Å². The maximum Gasteiger partial charge on any atom is 0.248 e. The summed E-state index contributed by atoms with van der Waals surface area (Å²) in [5.41, 5.74) is 0.803. The number of halogens is 1. The molecule has 0 N–H and O–H groups in total. The summed E-state index contributed by atoms with van der Waals surface area (Å²) < 4.78 is 0. The maximum absolute atomic E-state index is 11.7. The molecule has 5 heteroatoms. The molecule has 84 valence electrons. The number of carbonyl (C=O) groups is 2. The van der Waals surface area contributed by atoms with Gasteiger partial charge in [-0.2, -0.15) is 0 Å². The Morgan fingerprint density at radius 2 is 2.00 bits per heavy atom. The molecule has 0 aliphatic carbocycles. The summed E-state index contributed by atoms with van der Waals surface area (Å²) in [5.74, 6) is -0.381. The van der Waals surface area contributed by atoms with Crippen LogP contribution in [0.25, 0.3) is 0 Å². The second-order valence-electron chi connectivity index (χ2n) is 3.52. The van der Waals surface area contributed by atoms with Crippen molar-refractivity contribution in [3.8, 4) is 0 Å². The summed E-state index contributed by atoms with van der Waals surface area (Å²) >= 11 is 5.45. The van der Waals surface area contributed by atoms with E-state index in [0.29, 0.717) is 0 Å². The topological polar surface area (TPSA) is 40.6 Å². The predicted octanol–water partition coefficient (Wildman–Crippen LogP) is 1.06. The maximum atomic E-state index is 11.7. The number of nitrogens with zero attached hydrogens (tertiary/aromatic N) is 2. The van der Waals surface area contributed by atoms with Gasteiger partial charge in [0.2, 0.25) is 11.8 Å². The number of hydrogen-bond donors (Lipinski definition) is 0. The zero-order chi connectivity index (χ0) is 11.5. The van der Waals surface area contributed by atoms with E-state index in [0.717, 1.165) is 5.69 Å². The molecular formula is C11H11ClN2O2. The van der Waals surface area contributed by atoms with E-state index >= 15 is 0 Å². The second-order valence-corrected chi connectivity index (χ2v) is 3.79. The molecule has 0 atom stereocenters. The number of carbonyl (C=O) groups excluding carboxylic acids is 2. The lowest BCUT2D eigenvalue weighted by molar-refractivity contribution is -0.129. The average Bonchev–Trinajstić information content (AvgIpc) is 2.71. The van der Waals surface area contributed by atoms with E-state index in [4.69, 9.17) is 11.6 Å². The van der Waals surface area contributed by atoms with Crippen LogP contribution in [0.4, 0.5) is 5.69 Å². The van der Waals surface area contributed by atoms with Crippen molar-refractivity contribution in [3.05, 3.63) is 30.3 Å². The summed E-state index contributed by atoms with van der Waals surface area (Å²) in [6.07, 6.45) is 0. The van der Waals surface area contributed by atoms with Crippen LogP contribution < -0.4 is 4.90 Å². The minimum absolute atomic E-state index is 0.0790. The van der Waals surface area contributed by atoms with Gasteiger partial charge >= 0.3 is 0 Å². The number of para-hydroxylation sites is 1. The SMILES string of the molecule is O=C(CCl)N1CC(=O)N(c2ccccc2)C1. The molecule has 4 nitrogen and oxygen atoms in total. The van der Waals surface area contributed by atoms with Gasteiger partial charge in [-0.25, -0.2) is 0 Å². The van der Waals surface area contributed by atoms with Crippen LogP contribution in [-0.2, 0) is 9.59 Å². The summed E-state index contributed by atoms with van der Waals surface area (Å²) in [5, 5.41) is 0. The smallest absolute Gasteiger partial charge is 0.248 e. The van der Waals surface area contributed by atoms with E-state index in [-0.39, 0.29) is 30.9 Å². The first-order valence-corrected chi connectivity index (χ1v) is 5.45. The molecule has 0 radical (unpaired) electrons. The first kappa shape index (κ1) is 11.0. The van der Waals surface area contributed by atoms with Crippen molar-refractivity contribution >= 4 is 29.1 Å². The Labute approximate surface area is 98.4 Å². The quantitative estimate of drug-likeness (QED) is 0.723. The van der Waals surface area contributed by atoms with Crippen LogP contribution in [0.3, 0.4) is 0 Å². The lowest BCUT2D eigenvalue weighted by Gasteiger charge is -2.17. The molecular weight excluding hydrogens is 228 g/mol. The highest BCUT2D eigenvalue weighted by Crippen LogP contribution is 2.18. The van der Waals surface area contributed by atoms with E-state index in [9.17, 15) is 9.59 Å². The Bertz CT molecular complexity index is 408. The Balaban J connectivity index is 2.14. The molecule has 2 rings (SSSR count). The number of hydrogen-bond acceptors (Lipinski definition) is 2. The normalized spacial score (nSPS) is 15.7. The third-order valence-corrected chi connectivity index (χ3v) is 2.70. The fraction of sp³-hybridized carbons (Fsp3) is 0.273. The van der Waals surface area contributed by atoms with Crippen LogP contribution in [0.1, 0.15) is 0 Å². The summed E-state index contributed by atoms with van der Waals surface area (Å²) in [7, 11) is 0. The molecule has 1 saturated heterocycles. The van der Waals surface area contributed by atoms with Crippen molar-refractivity contribution in [2.45, 2.75) is 0 Å². The summed E-state index contributed by atoms with van der Waals surface area (Å²) in [4.78, 5) is 26.1. The summed E-state index contributed by atoms with van der Waals surface area (Å²) in [6, 6.07) is 9.27. The molecule has 0 aromatic heterocycles. The van der Waals surface area contributed by atoms with E-state index in [1.165, 1.54) is 4.90 Å². The van der Waals surface area contributed by atoms with Crippen molar-refractivity contribution in [2.24, 2.45) is 0 Å². The monoisotopic (exact) mass is 238 g/mol. The van der Waals surface area contributed by atoms with Gasteiger partial charge in [0.1, 0.15) is 19.1 Å². The minimum atomic E-state index is -0.214. The van der Waals surface area contributed by atoms with E-state index in [2.05, 4.69) is 0 Å². The van der Waals surface area contributed by atoms with Crippen LogP contribution in [-0.4, -0.2) is 35.8 Å². The molecule has 0 saturated carbocycles. The van der Waals surface area contributed by atoms with E-state index < -0.39 is 0 Å². The third kappa shape index (κ3) is 2.02. The van der Waals surface area contributed by atoms with Crippen LogP contribution in [0.2, 0.25) is 0 Å². The predicted molar refractivity (Wildman–Crippen MR) is 61.2 cm³/mol. The van der Waals surface area contributed by atoms with Crippen molar-refractivity contribution in [3.63, 3.8) is 0 Å². The fourth-order valence-electron chi connectivity index (χ4n) is 1.63. The Morgan fingerprint density at radius 3 is 2.62 bits per heavy atom.